The molecule has 1 aromatic heterocycles. The molecule has 1 aliphatic rings. The number of hydrogen-bond acceptors (Lipinski definition) is 7. The second kappa shape index (κ2) is 12.9. The molecule has 0 saturated carbocycles. The van der Waals surface area contributed by atoms with Gasteiger partial charge in [0.1, 0.15) is 23.2 Å². The van der Waals surface area contributed by atoms with E-state index in [1.165, 1.54) is 4.90 Å². The van der Waals surface area contributed by atoms with Crippen LogP contribution in [-0.4, -0.2) is 76.8 Å². The molecular weight excluding hydrogens is 526 g/mol. The number of carbonyl (C=O) groups excluding carboxylic acids is 3. The first-order valence-corrected chi connectivity index (χ1v) is 13.6. The monoisotopic (exact) mass is 563 g/mol. The molecule has 0 bridgehead atoms. The number of aryl methyl sites for hydroxylation is 2. The maximum absolute atomic E-state index is 13.7. The number of rotatable bonds is 8. The van der Waals surface area contributed by atoms with Gasteiger partial charge in [-0.25, -0.2) is 4.79 Å². The Morgan fingerprint density at radius 2 is 1.90 bits per heavy atom. The van der Waals surface area contributed by atoms with Crippen LogP contribution in [-0.2, 0) is 11.2 Å². The van der Waals surface area contributed by atoms with Crippen molar-refractivity contribution >= 4 is 29.2 Å². The number of aliphatic hydroxyl groups excluding tert-OH is 1. The van der Waals surface area contributed by atoms with E-state index in [1.54, 1.807) is 50.9 Å². The van der Waals surface area contributed by atoms with Crippen LogP contribution >= 0.6 is 0 Å². The summed E-state index contributed by atoms with van der Waals surface area (Å²) in [6.45, 7) is 7.49. The van der Waals surface area contributed by atoms with Gasteiger partial charge in [-0.1, -0.05) is 42.4 Å². The maximum Gasteiger partial charge on any atom is 0.321 e. The molecule has 2 heterocycles. The standard InChI is InChI=1S/C30H37N5O6/c1-18-15-35(19(2)17-36)29(38)24-14-23(31-27(37)13-22-9-7-6-8-10-22)11-12-25(24)40-26(18)16-34(5)30(39)32-28-20(3)33-41-21(28)4/h6-12,14,18-19,26,36H,13,15-17H2,1-5H3,(H,31,37)(H,32,39)/t18-,19-,26+/m1/s1. The third-order valence-corrected chi connectivity index (χ3v) is 7.22. The molecule has 41 heavy (non-hydrogen) atoms. The molecule has 0 aliphatic carbocycles. The molecule has 218 valence electrons. The van der Waals surface area contributed by atoms with Crippen LogP contribution in [0.15, 0.2) is 53.1 Å². The summed E-state index contributed by atoms with van der Waals surface area (Å²) in [4.78, 5) is 42.5. The summed E-state index contributed by atoms with van der Waals surface area (Å²) in [5, 5.41) is 19.5. The summed E-state index contributed by atoms with van der Waals surface area (Å²) in [6, 6.07) is 13.5. The highest BCUT2D eigenvalue weighted by Gasteiger charge is 2.34. The predicted molar refractivity (Wildman–Crippen MR) is 154 cm³/mol. The molecular formula is C30H37N5O6. The Labute approximate surface area is 239 Å². The van der Waals surface area contributed by atoms with Gasteiger partial charge >= 0.3 is 6.03 Å². The van der Waals surface area contributed by atoms with Crippen LogP contribution in [0.2, 0.25) is 0 Å². The number of anilines is 2. The quantitative estimate of drug-likeness (QED) is 0.379. The van der Waals surface area contributed by atoms with Gasteiger partial charge in [0.15, 0.2) is 5.76 Å². The molecule has 0 spiro atoms. The van der Waals surface area contributed by atoms with E-state index in [9.17, 15) is 19.5 Å². The molecule has 4 rings (SSSR count). The van der Waals surface area contributed by atoms with E-state index in [-0.39, 0.29) is 48.9 Å². The number of likely N-dealkylation sites (N-methyl/N-ethyl adjacent to an activating group) is 1. The van der Waals surface area contributed by atoms with Crippen molar-refractivity contribution in [3.8, 4) is 5.75 Å². The highest BCUT2D eigenvalue weighted by Crippen LogP contribution is 2.31. The van der Waals surface area contributed by atoms with Gasteiger partial charge in [-0.2, -0.15) is 0 Å². The summed E-state index contributed by atoms with van der Waals surface area (Å²) in [6.07, 6.45) is -0.285. The van der Waals surface area contributed by atoms with Gasteiger partial charge in [0, 0.05) is 25.2 Å². The molecule has 0 saturated heterocycles. The number of benzene rings is 2. The Hall–Kier alpha value is -4.38. The summed E-state index contributed by atoms with van der Waals surface area (Å²) in [5.74, 6) is 0.138. The van der Waals surface area contributed by atoms with E-state index >= 15 is 0 Å². The summed E-state index contributed by atoms with van der Waals surface area (Å²) in [7, 11) is 1.66. The lowest BCUT2D eigenvalue weighted by Crippen LogP contribution is -2.50. The summed E-state index contributed by atoms with van der Waals surface area (Å²) >= 11 is 0. The third-order valence-electron chi connectivity index (χ3n) is 7.22. The zero-order valence-corrected chi connectivity index (χ0v) is 24.0. The maximum atomic E-state index is 13.7. The zero-order valence-electron chi connectivity index (χ0n) is 24.0. The molecule has 0 fully saturated rings. The average molecular weight is 564 g/mol. The number of nitrogens with zero attached hydrogens (tertiary/aromatic N) is 3. The smallest absolute Gasteiger partial charge is 0.321 e. The van der Waals surface area contributed by atoms with Gasteiger partial charge in [0.2, 0.25) is 5.91 Å². The second-order valence-electron chi connectivity index (χ2n) is 10.6. The van der Waals surface area contributed by atoms with Crippen LogP contribution in [0.25, 0.3) is 0 Å². The van der Waals surface area contributed by atoms with E-state index < -0.39 is 12.1 Å². The first-order valence-electron chi connectivity index (χ1n) is 13.6. The van der Waals surface area contributed by atoms with E-state index in [0.29, 0.717) is 35.1 Å². The van der Waals surface area contributed by atoms with Gasteiger partial charge in [-0.05, 0) is 44.5 Å². The fourth-order valence-corrected chi connectivity index (χ4v) is 4.72. The molecule has 2 aromatic carbocycles. The minimum Gasteiger partial charge on any atom is -0.487 e. The Balaban J connectivity index is 1.56. The van der Waals surface area contributed by atoms with Crippen LogP contribution in [0.5, 0.6) is 5.75 Å². The molecule has 11 heteroatoms. The number of ether oxygens (including phenoxy) is 1. The molecule has 3 atom stereocenters. The van der Waals surface area contributed by atoms with Crippen molar-refractivity contribution in [3.05, 3.63) is 71.1 Å². The highest BCUT2D eigenvalue weighted by atomic mass is 16.5. The van der Waals surface area contributed by atoms with Crippen LogP contribution in [0.3, 0.4) is 0 Å². The van der Waals surface area contributed by atoms with Crippen molar-refractivity contribution in [2.45, 2.75) is 46.3 Å². The number of nitrogens with one attached hydrogen (secondary N) is 2. The minimum absolute atomic E-state index is 0.180. The molecule has 0 unspecified atom stereocenters. The van der Waals surface area contributed by atoms with Crippen molar-refractivity contribution in [3.63, 3.8) is 0 Å². The predicted octanol–water partition coefficient (Wildman–Crippen LogP) is 3.86. The lowest BCUT2D eigenvalue weighted by molar-refractivity contribution is -0.115. The summed E-state index contributed by atoms with van der Waals surface area (Å²) < 4.78 is 11.5. The number of hydrogen-bond donors (Lipinski definition) is 3. The van der Waals surface area contributed by atoms with Gasteiger partial charge in [-0.3, -0.25) is 9.59 Å². The average Bonchev–Trinajstić information content (AvgIpc) is 3.27. The topological polar surface area (TPSA) is 137 Å². The first-order chi connectivity index (χ1) is 19.6. The first kappa shape index (κ1) is 29.6. The van der Waals surface area contributed by atoms with Crippen molar-refractivity contribution < 1.29 is 28.8 Å². The Morgan fingerprint density at radius 1 is 1.17 bits per heavy atom. The van der Waals surface area contributed by atoms with Gasteiger partial charge < -0.3 is 34.8 Å². The number of amides is 4. The molecule has 3 aromatic rings. The summed E-state index contributed by atoms with van der Waals surface area (Å²) in [5.41, 5.74) is 2.70. The normalized spacial score (nSPS) is 17.5. The Bertz CT molecular complexity index is 1370. The third kappa shape index (κ3) is 7.04. The van der Waals surface area contributed by atoms with Crippen LogP contribution in [0.4, 0.5) is 16.2 Å². The van der Waals surface area contributed by atoms with Crippen molar-refractivity contribution in [1.82, 2.24) is 15.0 Å². The highest BCUT2D eigenvalue weighted by molar-refractivity contribution is 6.00. The number of urea groups is 1. The second-order valence-corrected chi connectivity index (χ2v) is 10.6. The number of carbonyl (C=O) groups is 3. The van der Waals surface area contributed by atoms with Crippen molar-refractivity contribution in [2.75, 3.05) is 37.4 Å². The van der Waals surface area contributed by atoms with Gasteiger partial charge in [0.25, 0.3) is 5.91 Å². The fraction of sp³-hybridized carbons (Fsp3) is 0.400. The molecule has 3 N–H and O–H groups in total. The van der Waals surface area contributed by atoms with E-state index in [4.69, 9.17) is 9.26 Å². The van der Waals surface area contributed by atoms with Crippen molar-refractivity contribution in [1.29, 1.82) is 0 Å². The number of fused-ring (bicyclic) bond motifs is 1. The molecule has 4 amide bonds. The Morgan fingerprint density at radius 3 is 2.56 bits per heavy atom. The largest absolute Gasteiger partial charge is 0.487 e. The van der Waals surface area contributed by atoms with E-state index in [0.717, 1.165) is 5.56 Å². The van der Waals surface area contributed by atoms with Gasteiger partial charge in [0.05, 0.1) is 31.2 Å². The van der Waals surface area contributed by atoms with E-state index in [2.05, 4.69) is 15.8 Å². The van der Waals surface area contributed by atoms with Crippen LogP contribution in [0, 0.1) is 19.8 Å². The fourth-order valence-electron chi connectivity index (χ4n) is 4.72. The van der Waals surface area contributed by atoms with Gasteiger partial charge in [-0.15, -0.1) is 0 Å². The SMILES string of the molecule is Cc1noc(C)c1NC(=O)N(C)C[C@@H]1Oc2ccc(NC(=O)Cc3ccccc3)cc2C(=O)N([C@H](C)CO)C[C@H]1C. The molecule has 1 aliphatic heterocycles. The van der Waals surface area contributed by atoms with Crippen LogP contribution in [0.1, 0.15) is 41.2 Å². The van der Waals surface area contributed by atoms with E-state index in [1.807, 2.05) is 37.3 Å². The van der Waals surface area contributed by atoms with Crippen molar-refractivity contribution in [2.24, 2.45) is 5.92 Å². The zero-order chi connectivity index (χ0) is 29.7. The lowest BCUT2D eigenvalue weighted by atomic mass is 9.99. The van der Waals surface area contributed by atoms with Crippen LogP contribution < -0.4 is 15.4 Å². The lowest BCUT2D eigenvalue weighted by Gasteiger charge is -2.38. The molecule has 11 nitrogen and oxygen atoms in total. The molecule has 0 radical (unpaired) electrons. The Kier molecular flexibility index (Phi) is 9.28. The number of aliphatic hydroxyl groups is 1. The number of aromatic nitrogens is 1. The minimum atomic E-state index is -0.478.